The van der Waals surface area contributed by atoms with Gasteiger partial charge in [-0.3, -0.25) is 4.68 Å². The van der Waals surface area contributed by atoms with E-state index in [-0.39, 0.29) is 6.03 Å². The van der Waals surface area contributed by atoms with Gasteiger partial charge in [0.1, 0.15) is 5.69 Å². The van der Waals surface area contributed by atoms with Gasteiger partial charge in [-0.25, -0.2) is 4.79 Å². The quantitative estimate of drug-likeness (QED) is 0.740. The molecule has 17 heavy (non-hydrogen) atoms. The van der Waals surface area contributed by atoms with E-state index < -0.39 is 5.54 Å². The first-order chi connectivity index (χ1) is 7.97. The molecule has 7 heteroatoms. The number of urea groups is 1. The van der Waals surface area contributed by atoms with Gasteiger partial charge in [-0.05, 0) is 13.8 Å². The number of hydrogen-bond donors (Lipinski definition) is 2. The van der Waals surface area contributed by atoms with Gasteiger partial charge < -0.3 is 16.0 Å². The summed E-state index contributed by atoms with van der Waals surface area (Å²) in [6.07, 6.45) is 1.83. The molecule has 0 spiro atoms. The van der Waals surface area contributed by atoms with Crippen molar-refractivity contribution in [1.82, 2.24) is 25.2 Å². The van der Waals surface area contributed by atoms with Crippen LogP contribution in [0.15, 0.2) is 6.20 Å². The lowest BCUT2D eigenvalue weighted by Gasteiger charge is -2.14. The SMILES string of the molecule is CC(C)(N)c1cn(CCN2CCNC2=O)nn1. The molecule has 1 aromatic rings. The third-order valence-corrected chi connectivity index (χ3v) is 2.74. The van der Waals surface area contributed by atoms with Crippen LogP contribution in [0.2, 0.25) is 0 Å². The van der Waals surface area contributed by atoms with Crippen LogP contribution in [0.1, 0.15) is 19.5 Å². The molecule has 7 nitrogen and oxygen atoms in total. The monoisotopic (exact) mass is 238 g/mol. The summed E-state index contributed by atoms with van der Waals surface area (Å²) in [5.41, 5.74) is 6.19. The lowest BCUT2D eigenvalue weighted by atomic mass is 10.0. The van der Waals surface area contributed by atoms with Crippen molar-refractivity contribution in [2.75, 3.05) is 19.6 Å². The van der Waals surface area contributed by atoms with Gasteiger partial charge in [-0.1, -0.05) is 5.21 Å². The topological polar surface area (TPSA) is 89.1 Å². The molecule has 0 bridgehead atoms. The molecular formula is C10H18N6O. The van der Waals surface area contributed by atoms with Crippen molar-refractivity contribution in [1.29, 1.82) is 0 Å². The zero-order chi connectivity index (χ0) is 12.5. The van der Waals surface area contributed by atoms with E-state index >= 15 is 0 Å². The third-order valence-electron chi connectivity index (χ3n) is 2.74. The average molecular weight is 238 g/mol. The molecule has 0 radical (unpaired) electrons. The first-order valence-corrected chi connectivity index (χ1v) is 5.69. The second-order valence-electron chi connectivity index (χ2n) is 4.81. The van der Waals surface area contributed by atoms with E-state index in [1.54, 1.807) is 9.58 Å². The molecule has 1 aliphatic rings. The predicted octanol–water partition coefficient (Wildman–Crippen LogP) is -0.503. The average Bonchev–Trinajstić information content (AvgIpc) is 2.82. The van der Waals surface area contributed by atoms with E-state index in [1.165, 1.54) is 0 Å². The minimum Gasteiger partial charge on any atom is -0.336 e. The number of nitrogens with one attached hydrogen (secondary N) is 1. The van der Waals surface area contributed by atoms with Crippen molar-refractivity contribution >= 4 is 6.03 Å². The summed E-state index contributed by atoms with van der Waals surface area (Å²) in [6, 6.07) is -0.00973. The van der Waals surface area contributed by atoms with E-state index in [9.17, 15) is 4.79 Å². The first kappa shape index (κ1) is 11.8. The third kappa shape index (κ3) is 2.73. The second kappa shape index (κ2) is 4.33. The Kier molecular flexibility index (Phi) is 3.01. The highest BCUT2D eigenvalue weighted by Gasteiger charge is 2.20. The fourth-order valence-corrected chi connectivity index (χ4v) is 1.65. The highest BCUT2D eigenvalue weighted by molar-refractivity contribution is 5.76. The summed E-state index contributed by atoms with van der Waals surface area (Å²) in [4.78, 5) is 13.1. The van der Waals surface area contributed by atoms with E-state index in [2.05, 4.69) is 15.6 Å². The molecule has 0 aliphatic carbocycles. The largest absolute Gasteiger partial charge is 0.336 e. The Labute approximate surface area is 100.0 Å². The van der Waals surface area contributed by atoms with Crippen molar-refractivity contribution < 1.29 is 4.79 Å². The molecule has 0 aromatic carbocycles. The Hall–Kier alpha value is -1.63. The molecule has 0 saturated carbocycles. The van der Waals surface area contributed by atoms with Crippen LogP contribution >= 0.6 is 0 Å². The van der Waals surface area contributed by atoms with Crippen molar-refractivity contribution in [3.63, 3.8) is 0 Å². The standard InChI is InChI=1S/C10H18N6O/c1-10(2,11)8-7-16(14-13-8)6-5-15-4-3-12-9(15)17/h7H,3-6,11H2,1-2H3,(H,12,17). The number of carbonyl (C=O) groups is 1. The van der Waals surface area contributed by atoms with Crippen LogP contribution in [0.5, 0.6) is 0 Å². The zero-order valence-corrected chi connectivity index (χ0v) is 10.2. The number of amides is 2. The minimum atomic E-state index is -0.483. The minimum absolute atomic E-state index is 0.00973. The molecule has 1 aromatic heterocycles. The number of aromatic nitrogens is 3. The molecule has 1 saturated heterocycles. The smallest absolute Gasteiger partial charge is 0.317 e. The molecular weight excluding hydrogens is 220 g/mol. The van der Waals surface area contributed by atoms with Gasteiger partial charge in [0, 0.05) is 19.6 Å². The van der Waals surface area contributed by atoms with Gasteiger partial charge in [0.25, 0.3) is 0 Å². The number of carbonyl (C=O) groups excluding carboxylic acids is 1. The summed E-state index contributed by atoms with van der Waals surface area (Å²) in [5.74, 6) is 0. The Morgan fingerprint density at radius 3 is 2.82 bits per heavy atom. The van der Waals surface area contributed by atoms with Crippen molar-refractivity contribution in [3.8, 4) is 0 Å². The van der Waals surface area contributed by atoms with Crippen LogP contribution < -0.4 is 11.1 Å². The summed E-state index contributed by atoms with van der Waals surface area (Å²) >= 11 is 0. The van der Waals surface area contributed by atoms with Gasteiger partial charge in [-0.15, -0.1) is 5.10 Å². The fraction of sp³-hybridized carbons (Fsp3) is 0.700. The second-order valence-corrected chi connectivity index (χ2v) is 4.81. The van der Waals surface area contributed by atoms with Crippen LogP contribution in [0.4, 0.5) is 4.79 Å². The molecule has 0 unspecified atom stereocenters. The molecule has 1 fully saturated rings. The van der Waals surface area contributed by atoms with Gasteiger partial charge in [0.15, 0.2) is 0 Å². The number of rotatable bonds is 4. The van der Waals surface area contributed by atoms with E-state index in [0.29, 0.717) is 13.1 Å². The molecule has 1 aliphatic heterocycles. The number of nitrogens with zero attached hydrogens (tertiary/aromatic N) is 4. The van der Waals surface area contributed by atoms with Crippen LogP contribution in [-0.4, -0.2) is 45.6 Å². The van der Waals surface area contributed by atoms with Crippen molar-refractivity contribution in [3.05, 3.63) is 11.9 Å². The predicted molar refractivity (Wildman–Crippen MR) is 62.2 cm³/mol. The van der Waals surface area contributed by atoms with Crippen molar-refractivity contribution in [2.45, 2.75) is 25.9 Å². The Bertz CT molecular complexity index is 407. The first-order valence-electron chi connectivity index (χ1n) is 5.69. The maximum absolute atomic E-state index is 11.3. The zero-order valence-electron chi connectivity index (χ0n) is 10.2. The van der Waals surface area contributed by atoms with Gasteiger partial charge in [0.05, 0.1) is 18.3 Å². The summed E-state index contributed by atoms with van der Waals surface area (Å²) in [6.45, 7) is 6.51. The van der Waals surface area contributed by atoms with Gasteiger partial charge in [0.2, 0.25) is 0 Å². The normalized spacial score (nSPS) is 16.4. The lowest BCUT2D eigenvalue weighted by Crippen LogP contribution is -2.31. The molecule has 0 atom stereocenters. The van der Waals surface area contributed by atoms with Crippen molar-refractivity contribution in [2.24, 2.45) is 5.73 Å². The summed E-state index contributed by atoms with van der Waals surface area (Å²) < 4.78 is 1.72. The summed E-state index contributed by atoms with van der Waals surface area (Å²) in [5, 5.41) is 10.8. The number of nitrogens with two attached hydrogens (primary N) is 1. The van der Waals surface area contributed by atoms with E-state index in [1.807, 2.05) is 20.0 Å². The molecule has 94 valence electrons. The Morgan fingerprint density at radius 2 is 2.29 bits per heavy atom. The highest BCUT2D eigenvalue weighted by atomic mass is 16.2. The van der Waals surface area contributed by atoms with Gasteiger partial charge >= 0.3 is 6.03 Å². The fourth-order valence-electron chi connectivity index (χ4n) is 1.65. The number of hydrogen-bond acceptors (Lipinski definition) is 4. The summed E-state index contributed by atoms with van der Waals surface area (Å²) in [7, 11) is 0. The maximum atomic E-state index is 11.3. The van der Waals surface area contributed by atoms with Crippen LogP contribution in [-0.2, 0) is 12.1 Å². The van der Waals surface area contributed by atoms with Crippen LogP contribution in [0.25, 0.3) is 0 Å². The Morgan fingerprint density at radius 1 is 1.53 bits per heavy atom. The Balaban J connectivity index is 1.91. The van der Waals surface area contributed by atoms with Gasteiger partial charge in [-0.2, -0.15) is 0 Å². The highest BCUT2D eigenvalue weighted by Crippen LogP contribution is 2.12. The maximum Gasteiger partial charge on any atom is 0.317 e. The van der Waals surface area contributed by atoms with E-state index in [4.69, 9.17) is 5.73 Å². The molecule has 2 heterocycles. The van der Waals surface area contributed by atoms with E-state index in [0.717, 1.165) is 18.8 Å². The lowest BCUT2D eigenvalue weighted by molar-refractivity contribution is 0.215. The molecule has 2 rings (SSSR count). The van der Waals surface area contributed by atoms with Crippen LogP contribution in [0.3, 0.4) is 0 Å². The van der Waals surface area contributed by atoms with Crippen LogP contribution in [0, 0.1) is 0 Å². The molecule has 3 N–H and O–H groups in total. The molecule has 2 amide bonds.